The van der Waals surface area contributed by atoms with Crippen LogP contribution in [-0.4, -0.2) is 34.6 Å². The number of fused-ring (bicyclic) bond motifs is 3. The van der Waals surface area contributed by atoms with Crippen LogP contribution in [0.3, 0.4) is 0 Å². The number of aromatic nitrogens is 3. The second-order valence-corrected chi connectivity index (χ2v) is 6.00. The lowest BCUT2D eigenvalue weighted by Crippen LogP contribution is -2.38. The molecule has 1 aromatic carbocycles. The van der Waals surface area contributed by atoms with Gasteiger partial charge in [0.1, 0.15) is 23.1 Å². The summed E-state index contributed by atoms with van der Waals surface area (Å²) in [5, 5.41) is 1.09. The summed E-state index contributed by atoms with van der Waals surface area (Å²) in [7, 11) is 1.69. The average molecular weight is 296 g/mol. The summed E-state index contributed by atoms with van der Waals surface area (Å²) in [5.41, 5.74) is 3.07. The standard InChI is InChI=1S/C17H20N4O/c1-11-5-3-4-8-21(11)17-16-15(18-10-19-17)13-9-12(22-2)6-7-14(13)20-16/h6-7,9-11,20H,3-5,8H2,1-2H3/t11-/m0/s1. The van der Waals surface area contributed by atoms with Gasteiger partial charge >= 0.3 is 0 Å². The number of nitrogens with one attached hydrogen (secondary N) is 1. The van der Waals surface area contributed by atoms with Gasteiger partial charge in [-0.2, -0.15) is 0 Å². The lowest BCUT2D eigenvalue weighted by molar-refractivity contribution is 0.415. The normalized spacial score (nSPS) is 19.0. The Bertz CT molecular complexity index is 826. The highest BCUT2D eigenvalue weighted by molar-refractivity contribution is 6.08. The molecular weight excluding hydrogens is 276 g/mol. The molecule has 3 heterocycles. The third-order valence-corrected chi connectivity index (χ3v) is 4.64. The van der Waals surface area contributed by atoms with Crippen LogP contribution in [0.1, 0.15) is 26.2 Å². The van der Waals surface area contributed by atoms with E-state index in [0.29, 0.717) is 6.04 Å². The number of aromatic amines is 1. The Kier molecular flexibility index (Phi) is 3.13. The van der Waals surface area contributed by atoms with E-state index in [1.54, 1.807) is 13.4 Å². The maximum atomic E-state index is 5.34. The molecule has 0 radical (unpaired) electrons. The quantitative estimate of drug-likeness (QED) is 0.786. The molecule has 0 spiro atoms. The minimum absolute atomic E-state index is 0.521. The Balaban J connectivity index is 1.92. The number of hydrogen-bond acceptors (Lipinski definition) is 4. The molecule has 1 atom stereocenters. The highest BCUT2D eigenvalue weighted by Gasteiger charge is 2.23. The third-order valence-electron chi connectivity index (χ3n) is 4.64. The van der Waals surface area contributed by atoms with Crippen molar-refractivity contribution in [2.75, 3.05) is 18.6 Å². The van der Waals surface area contributed by atoms with Crippen LogP contribution >= 0.6 is 0 Å². The Labute approximate surface area is 129 Å². The van der Waals surface area contributed by atoms with Crippen molar-refractivity contribution in [3.63, 3.8) is 0 Å². The van der Waals surface area contributed by atoms with E-state index in [2.05, 4.69) is 26.8 Å². The summed E-state index contributed by atoms with van der Waals surface area (Å²) < 4.78 is 5.34. The van der Waals surface area contributed by atoms with Crippen molar-refractivity contribution in [2.45, 2.75) is 32.2 Å². The van der Waals surface area contributed by atoms with Crippen molar-refractivity contribution in [1.82, 2.24) is 15.0 Å². The van der Waals surface area contributed by atoms with Gasteiger partial charge in [0.15, 0.2) is 5.82 Å². The first-order valence-electron chi connectivity index (χ1n) is 7.85. The maximum absolute atomic E-state index is 5.34. The molecule has 0 aliphatic carbocycles. The first-order valence-corrected chi connectivity index (χ1v) is 7.85. The molecule has 1 saturated heterocycles. The minimum Gasteiger partial charge on any atom is -0.497 e. The van der Waals surface area contributed by atoms with Crippen LogP contribution in [-0.2, 0) is 0 Å². The van der Waals surface area contributed by atoms with E-state index in [1.807, 2.05) is 18.2 Å². The van der Waals surface area contributed by atoms with Crippen molar-refractivity contribution in [1.29, 1.82) is 0 Å². The fourth-order valence-corrected chi connectivity index (χ4v) is 3.42. The van der Waals surface area contributed by atoms with Crippen LogP contribution in [0.25, 0.3) is 21.9 Å². The molecule has 5 nitrogen and oxygen atoms in total. The molecule has 1 aliphatic heterocycles. The SMILES string of the molecule is COc1ccc2[nH]c3c(N4CCCC[C@@H]4C)ncnc3c2c1. The molecule has 0 bridgehead atoms. The fourth-order valence-electron chi connectivity index (χ4n) is 3.42. The summed E-state index contributed by atoms with van der Waals surface area (Å²) in [5.74, 6) is 1.87. The molecule has 1 N–H and O–H groups in total. The fraction of sp³-hybridized carbons (Fsp3) is 0.412. The van der Waals surface area contributed by atoms with Gasteiger partial charge in [-0.15, -0.1) is 0 Å². The van der Waals surface area contributed by atoms with Gasteiger partial charge < -0.3 is 14.6 Å². The van der Waals surface area contributed by atoms with Gasteiger partial charge in [0.2, 0.25) is 0 Å². The highest BCUT2D eigenvalue weighted by Crippen LogP contribution is 2.33. The highest BCUT2D eigenvalue weighted by atomic mass is 16.5. The number of hydrogen-bond donors (Lipinski definition) is 1. The van der Waals surface area contributed by atoms with Crippen molar-refractivity contribution in [3.8, 4) is 5.75 Å². The molecule has 1 aliphatic rings. The van der Waals surface area contributed by atoms with E-state index in [4.69, 9.17) is 4.74 Å². The summed E-state index contributed by atoms with van der Waals surface area (Å²) in [6.45, 7) is 3.34. The Hall–Kier alpha value is -2.30. The summed E-state index contributed by atoms with van der Waals surface area (Å²) in [4.78, 5) is 15.0. The minimum atomic E-state index is 0.521. The van der Waals surface area contributed by atoms with Gasteiger partial charge in [-0.05, 0) is 44.4 Å². The molecule has 114 valence electrons. The van der Waals surface area contributed by atoms with Crippen LogP contribution in [0.15, 0.2) is 24.5 Å². The maximum Gasteiger partial charge on any atom is 0.156 e. The zero-order chi connectivity index (χ0) is 15.1. The molecule has 3 aromatic rings. The van der Waals surface area contributed by atoms with E-state index >= 15 is 0 Å². The van der Waals surface area contributed by atoms with E-state index < -0.39 is 0 Å². The van der Waals surface area contributed by atoms with Crippen molar-refractivity contribution < 1.29 is 4.74 Å². The van der Waals surface area contributed by atoms with Gasteiger partial charge in [0.05, 0.1) is 7.11 Å². The first-order chi connectivity index (χ1) is 10.8. The molecule has 1 fully saturated rings. The van der Waals surface area contributed by atoms with Crippen LogP contribution in [0.2, 0.25) is 0 Å². The second-order valence-electron chi connectivity index (χ2n) is 6.00. The monoisotopic (exact) mass is 296 g/mol. The largest absolute Gasteiger partial charge is 0.497 e. The molecular formula is C17H20N4O. The molecule has 4 rings (SSSR count). The average Bonchev–Trinajstić information content (AvgIpc) is 2.93. The van der Waals surface area contributed by atoms with Crippen molar-refractivity contribution in [2.24, 2.45) is 0 Å². The summed E-state index contributed by atoms with van der Waals surface area (Å²) in [6, 6.07) is 6.56. The number of piperidine rings is 1. The van der Waals surface area contributed by atoms with Gasteiger partial charge in [-0.3, -0.25) is 0 Å². The molecule has 5 heteroatoms. The zero-order valence-corrected chi connectivity index (χ0v) is 13.0. The summed E-state index contributed by atoms with van der Waals surface area (Å²) in [6.07, 6.45) is 5.42. The van der Waals surface area contributed by atoms with Gasteiger partial charge in [0.25, 0.3) is 0 Å². The zero-order valence-electron chi connectivity index (χ0n) is 13.0. The predicted octanol–water partition coefficient (Wildman–Crippen LogP) is 3.50. The molecule has 22 heavy (non-hydrogen) atoms. The second kappa shape index (κ2) is 5.16. The van der Waals surface area contributed by atoms with E-state index in [-0.39, 0.29) is 0 Å². The topological polar surface area (TPSA) is 54.0 Å². The Morgan fingerprint density at radius 3 is 3.00 bits per heavy atom. The van der Waals surface area contributed by atoms with Crippen LogP contribution in [0.4, 0.5) is 5.82 Å². The Morgan fingerprint density at radius 1 is 1.27 bits per heavy atom. The number of methoxy groups -OCH3 is 1. The van der Waals surface area contributed by atoms with E-state index in [9.17, 15) is 0 Å². The third kappa shape index (κ3) is 2.00. The molecule has 0 saturated carbocycles. The van der Waals surface area contributed by atoms with Crippen molar-refractivity contribution in [3.05, 3.63) is 24.5 Å². The van der Waals surface area contributed by atoms with E-state index in [0.717, 1.165) is 40.0 Å². The number of benzene rings is 1. The molecule has 0 unspecified atom stereocenters. The lowest BCUT2D eigenvalue weighted by Gasteiger charge is -2.34. The number of H-pyrrole nitrogens is 1. The number of nitrogens with zero attached hydrogens (tertiary/aromatic N) is 3. The van der Waals surface area contributed by atoms with Crippen LogP contribution < -0.4 is 9.64 Å². The van der Waals surface area contributed by atoms with Crippen molar-refractivity contribution >= 4 is 27.8 Å². The number of ether oxygens (including phenoxy) is 1. The van der Waals surface area contributed by atoms with Gasteiger partial charge in [-0.1, -0.05) is 0 Å². The Morgan fingerprint density at radius 2 is 2.18 bits per heavy atom. The number of anilines is 1. The lowest BCUT2D eigenvalue weighted by atomic mass is 10.0. The number of rotatable bonds is 2. The van der Waals surface area contributed by atoms with E-state index in [1.165, 1.54) is 19.3 Å². The molecule has 0 amide bonds. The van der Waals surface area contributed by atoms with Crippen LogP contribution in [0.5, 0.6) is 5.75 Å². The first kappa shape index (κ1) is 13.4. The van der Waals surface area contributed by atoms with Gasteiger partial charge in [0, 0.05) is 23.5 Å². The summed E-state index contributed by atoms with van der Waals surface area (Å²) >= 11 is 0. The van der Waals surface area contributed by atoms with Crippen LogP contribution in [0, 0.1) is 0 Å². The molecule has 2 aromatic heterocycles. The predicted molar refractivity (Wildman–Crippen MR) is 88.6 cm³/mol. The smallest absolute Gasteiger partial charge is 0.156 e. The van der Waals surface area contributed by atoms with Gasteiger partial charge in [-0.25, -0.2) is 9.97 Å².